The first-order chi connectivity index (χ1) is 10.5. The lowest BCUT2D eigenvalue weighted by molar-refractivity contribution is 0.400. The number of aryl methyl sites for hydroxylation is 1. The molecule has 0 spiro atoms. The highest BCUT2D eigenvalue weighted by molar-refractivity contribution is 8.13. The van der Waals surface area contributed by atoms with Gasteiger partial charge in [-0.15, -0.1) is 0 Å². The van der Waals surface area contributed by atoms with E-state index in [1.807, 2.05) is 30.3 Å². The van der Waals surface area contributed by atoms with Gasteiger partial charge in [-0.1, -0.05) is 53.7 Å². The maximum Gasteiger partial charge on any atom is 0.261 e. The zero-order chi connectivity index (χ0) is 15.7. The molecule has 0 N–H and O–H groups in total. The standard InChI is InChI=1S/C16H12ClNO3S/c1-11-15(13-9-5-6-10-14(13)22(17,19)20)16(18-21-11)12-7-3-2-4-8-12/h2-10H,1H3. The second kappa shape index (κ2) is 5.59. The molecule has 0 aliphatic heterocycles. The maximum absolute atomic E-state index is 11.8. The van der Waals surface area contributed by atoms with E-state index in [0.29, 0.717) is 22.6 Å². The van der Waals surface area contributed by atoms with Gasteiger partial charge >= 0.3 is 0 Å². The van der Waals surface area contributed by atoms with Crippen LogP contribution < -0.4 is 0 Å². The molecule has 0 bridgehead atoms. The van der Waals surface area contributed by atoms with Gasteiger partial charge in [-0.2, -0.15) is 0 Å². The number of aromatic nitrogens is 1. The first-order valence-electron chi connectivity index (χ1n) is 6.54. The maximum atomic E-state index is 11.8. The number of nitrogens with zero attached hydrogens (tertiary/aromatic N) is 1. The summed E-state index contributed by atoms with van der Waals surface area (Å²) < 4.78 is 28.9. The van der Waals surface area contributed by atoms with E-state index >= 15 is 0 Å². The molecule has 0 radical (unpaired) electrons. The summed E-state index contributed by atoms with van der Waals surface area (Å²) in [6, 6.07) is 16.0. The zero-order valence-corrected chi connectivity index (χ0v) is 13.2. The Labute approximate surface area is 132 Å². The highest BCUT2D eigenvalue weighted by atomic mass is 35.7. The molecule has 0 saturated carbocycles. The molecule has 6 heteroatoms. The normalized spacial score (nSPS) is 11.5. The van der Waals surface area contributed by atoms with Gasteiger partial charge in [-0.3, -0.25) is 0 Å². The molecule has 0 aliphatic carbocycles. The summed E-state index contributed by atoms with van der Waals surface area (Å²) in [6.45, 7) is 1.74. The minimum absolute atomic E-state index is 0.0418. The van der Waals surface area contributed by atoms with Crippen LogP contribution in [0.5, 0.6) is 0 Å². The summed E-state index contributed by atoms with van der Waals surface area (Å²) in [5.74, 6) is 0.534. The molecule has 3 rings (SSSR count). The van der Waals surface area contributed by atoms with Crippen molar-refractivity contribution in [3.63, 3.8) is 0 Å². The van der Waals surface area contributed by atoms with Crippen LogP contribution in [-0.4, -0.2) is 13.6 Å². The Morgan fingerprint density at radius 2 is 1.64 bits per heavy atom. The summed E-state index contributed by atoms with van der Waals surface area (Å²) in [4.78, 5) is 0.0418. The second-order valence-corrected chi connectivity index (χ2v) is 7.30. The van der Waals surface area contributed by atoms with Crippen LogP contribution in [0.1, 0.15) is 5.76 Å². The average molecular weight is 334 g/mol. The monoisotopic (exact) mass is 333 g/mol. The van der Waals surface area contributed by atoms with Crippen LogP contribution in [-0.2, 0) is 9.05 Å². The van der Waals surface area contributed by atoms with Gasteiger partial charge in [0.05, 0.1) is 10.5 Å². The van der Waals surface area contributed by atoms with E-state index in [9.17, 15) is 8.42 Å². The molecule has 0 aliphatic rings. The molecule has 3 aromatic rings. The largest absolute Gasteiger partial charge is 0.360 e. The van der Waals surface area contributed by atoms with E-state index in [1.54, 1.807) is 25.1 Å². The first kappa shape index (κ1) is 14.8. The van der Waals surface area contributed by atoms with Crippen LogP contribution in [0.15, 0.2) is 64.0 Å². The Morgan fingerprint density at radius 1 is 1.00 bits per heavy atom. The van der Waals surface area contributed by atoms with Gasteiger partial charge in [-0.05, 0) is 13.0 Å². The van der Waals surface area contributed by atoms with E-state index < -0.39 is 9.05 Å². The van der Waals surface area contributed by atoms with Crippen LogP contribution >= 0.6 is 10.7 Å². The zero-order valence-electron chi connectivity index (χ0n) is 11.7. The predicted octanol–water partition coefficient (Wildman–Crippen LogP) is 4.24. The highest BCUT2D eigenvalue weighted by Gasteiger charge is 2.23. The molecule has 0 unspecified atom stereocenters. The van der Waals surface area contributed by atoms with Crippen LogP contribution in [0, 0.1) is 6.92 Å². The van der Waals surface area contributed by atoms with Gasteiger partial charge in [0.15, 0.2) is 0 Å². The van der Waals surface area contributed by atoms with Crippen molar-refractivity contribution >= 4 is 19.7 Å². The lowest BCUT2D eigenvalue weighted by Crippen LogP contribution is -1.95. The fourth-order valence-corrected chi connectivity index (χ4v) is 3.45. The summed E-state index contributed by atoms with van der Waals surface area (Å²) in [5, 5.41) is 4.07. The molecule has 4 nitrogen and oxygen atoms in total. The number of hydrogen-bond donors (Lipinski definition) is 0. The smallest absolute Gasteiger partial charge is 0.261 e. The van der Waals surface area contributed by atoms with Crippen molar-refractivity contribution in [1.29, 1.82) is 0 Å². The minimum Gasteiger partial charge on any atom is -0.360 e. The van der Waals surface area contributed by atoms with Crippen molar-refractivity contribution in [1.82, 2.24) is 5.16 Å². The molecule has 1 aromatic heterocycles. The summed E-state index contributed by atoms with van der Waals surface area (Å²) in [6.07, 6.45) is 0. The second-order valence-electron chi connectivity index (χ2n) is 4.76. The first-order valence-corrected chi connectivity index (χ1v) is 8.85. The number of rotatable bonds is 3. The van der Waals surface area contributed by atoms with E-state index in [2.05, 4.69) is 5.16 Å². The van der Waals surface area contributed by atoms with Crippen molar-refractivity contribution in [3.8, 4) is 22.4 Å². The Morgan fingerprint density at radius 3 is 2.32 bits per heavy atom. The molecule has 22 heavy (non-hydrogen) atoms. The SMILES string of the molecule is Cc1onc(-c2ccccc2)c1-c1ccccc1S(=O)(=O)Cl. The molecule has 0 atom stereocenters. The van der Waals surface area contributed by atoms with Crippen molar-refractivity contribution in [2.24, 2.45) is 0 Å². The third-order valence-corrected chi connectivity index (χ3v) is 4.71. The molecule has 0 amide bonds. The van der Waals surface area contributed by atoms with Crippen LogP contribution in [0.2, 0.25) is 0 Å². The Hall–Kier alpha value is -2.11. The fraction of sp³-hybridized carbons (Fsp3) is 0.0625. The molecule has 0 fully saturated rings. The summed E-state index contributed by atoms with van der Waals surface area (Å²) >= 11 is 0. The number of halogens is 1. The number of hydrogen-bond acceptors (Lipinski definition) is 4. The lowest BCUT2D eigenvalue weighted by Gasteiger charge is -2.07. The molecule has 2 aromatic carbocycles. The van der Waals surface area contributed by atoms with Gasteiger partial charge in [0.1, 0.15) is 11.5 Å². The van der Waals surface area contributed by atoms with Gasteiger partial charge in [0.2, 0.25) is 0 Å². The van der Waals surface area contributed by atoms with E-state index in [1.165, 1.54) is 6.07 Å². The Balaban J connectivity index is 2.30. The van der Waals surface area contributed by atoms with E-state index in [4.69, 9.17) is 15.2 Å². The minimum atomic E-state index is -3.87. The summed E-state index contributed by atoms with van der Waals surface area (Å²) in [5.41, 5.74) is 2.54. The van der Waals surface area contributed by atoms with Crippen molar-refractivity contribution < 1.29 is 12.9 Å². The van der Waals surface area contributed by atoms with E-state index in [-0.39, 0.29) is 4.90 Å². The predicted molar refractivity (Wildman–Crippen MR) is 85.2 cm³/mol. The third kappa shape index (κ3) is 2.65. The third-order valence-electron chi connectivity index (χ3n) is 3.33. The van der Waals surface area contributed by atoms with Crippen LogP contribution in [0.4, 0.5) is 0 Å². The lowest BCUT2D eigenvalue weighted by atomic mass is 9.99. The average Bonchev–Trinajstić information content (AvgIpc) is 2.89. The fourth-order valence-electron chi connectivity index (χ4n) is 2.37. The Bertz CT molecular complexity index is 918. The summed E-state index contributed by atoms with van der Waals surface area (Å²) in [7, 11) is 1.68. The van der Waals surface area contributed by atoms with Gasteiger partial charge in [0, 0.05) is 21.8 Å². The quantitative estimate of drug-likeness (QED) is 0.672. The van der Waals surface area contributed by atoms with Crippen molar-refractivity contribution in [3.05, 3.63) is 60.4 Å². The Kier molecular flexibility index (Phi) is 3.76. The van der Waals surface area contributed by atoms with E-state index in [0.717, 1.165) is 5.56 Å². The highest BCUT2D eigenvalue weighted by Crippen LogP contribution is 2.38. The van der Waals surface area contributed by atoms with Gasteiger partial charge in [-0.25, -0.2) is 8.42 Å². The molecule has 0 saturated heterocycles. The molecule has 112 valence electrons. The number of benzene rings is 2. The van der Waals surface area contributed by atoms with Crippen LogP contribution in [0.3, 0.4) is 0 Å². The van der Waals surface area contributed by atoms with Gasteiger partial charge < -0.3 is 4.52 Å². The molecular weight excluding hydrogens is 322 g/mol. The van der Waals surface area contributed by atoms with Crippen LogP contribution in [0.25, 0.3) is 22.4 Å². The molecular formula is C16H12ClNO3S. The van der Waals surface area contributed by atoms with Crippen molar-refractivity contribution in [2.45, 2.75) is 11.8 Å². The van der Waals surface area contributed by atoms with Crippen molar-refractivity contribution in [2.75, 3.05) is 0 Å². The topological polar surface area (TPSA) is 60.2 Å². The molecule has 1 heterocycles. The van der Waals surface area contributed by atoms with Gasteiger partial charge in [0.25, 0.3) is 9.05 Å².